The molecule has 266 valence electrons. The first-order valence-corrected chi connectivity index (χ1v) is 17.4. The molecule has 0 aliphatic heterocycles. The Labute approximate surface area is 279 Å². The zero-order valence-electron chi connectivity index (χ0n) is 27.4. The largest absolute Gasteiger partial charge is 0.460 e. The first-order chi connectivity index (χ1) is 23.0. The predicted octanol–water partition coefficient (Wildman–Crippen LogP) is 3.58. The predicted molar refractivity (Wildman–Crippen MR) is 175 cm³/mol. The fourth-order valence-corrected chi connectivity index (χ4v) is 4.60. The molecule has 0 unspecified atom stereocenters. The molecule has 0 saturated carbocycles. The quantitative estimate of drug-likeness (QED) is 0.0702. The monoisotopic (exact) mass is 685 g/mol. The molecule has 2 rings (SSSR count). The lowest BCUT2D eigenvalue weighted by Crippen LogP contribution is -2.16. The van der Waals surface area contributed by atoms with E-state index in [0.717, 1.165) is 25.1 Å². The molecular weight excluding hydrogens is 634 g/mol. The Bertz CT molecular complexity index is 1140. The molecule has 2 aromatic carbocycles. The molecule has 0 spiro atoms. The van der Waals surface area contributed by atoms with E-state index in [4.69, 9.17) is 42.1 Å². The van der Waals surface area contributed by atoms with Crippen molar-refractivity contribution in [1.29, 1.82) is 0 Å². The Morgan fingerprint density at radius 3 is 1.45 bits per heavy atom. The number of carbonyl (C=O) groups excluding carboxylic acids is 1. The zero-order valence-corrected chi connectivity index (χ0v) is 28.3. The van der Waals surface area contributed by atoms with Gasteiger partial charge in [0.2, 0.25) is 0 Å². The van der Waals surface area contributed by atoms with E-state index in [-0.39, 0.29) is 30.7 Å². The van der Waals surface area contributed by atoms with Crippen molar-refractivity contribution >= 4 is 21.8 Å². The lowest BCUT2D eigenvalue weighted by molar-refractivity contribution is -0.0228. The summed E-state index contributed by atoms with van der Waals surface area (Å²) >= 11 is 0. The smallest absolute Gasteiger partial charge is 0.338 e. The molecule has 1 N–H and O–H groups in total. The summed E-state index contributed by atoms with van der Waals surface area (Å²) in [4.78, 5) is 12.2. The Kier molecular flexibility index (Phi) is 23.5. The van der Waals surface area contributed by atoms with Gasteiger partial charge in [0.15, 0.2) is 0 Å². The topological polar surface area (TPSA) is 146 Å². The number of hydrogen-bond donors (Lipinski definition) is 1. The standard InChI is InChI=1S/C33H51NO12S/c1-2-3-13-34-31-11-9-30(10-12-31)33(35)45-28-26-43-24-22-41-20-18-39-16-14-38-15-17-40-19-21-42-23-25-44-27-29-46-47(36,37)32-7-5-4-6-8-32/h4-12,34H,2-3,13-29H2,1H3. The Balaban J connectivity index is 1.24. The number of esters is 1. The fraction of sp³-hybridized carbons (Fsp3) is 0.606. The summed E-state index contributed by atoms with van der Waals surface area (Å²) in [6.45, 7) is 8.66. The summed E-state index contributed by atoms with van der Waals surface area (Å²) in [7, 11) is -3.76. The summed E-state index contributed by atoms with van der Waals surface area (Å²) in [6.07, 6.45) is 2.23. The number of nitrogens with one attached hydrogen (secondary N) is 1. The molecule has 14 heteroatoms. The number of hydrogen-bond acceptors (Lipinski definition) is 13. The molecule has 0 fully saturated rings. The number of ether oxygens (including phenoxy) is 8. The van der Waals surface area contributed by atoms with Crippen LogP contribution in [0.4, 0.5) is 5.69 Å². The van der Waals surface area contributed by atoms with Crippen molar-refractivity contribution in [2.24, 2.45) is 0 Å². The van der Waals surface area contributed by atoms with Crippen LogP contribution in [0.5, 0.6) is 0 Å². The fourth-order valence-electron chi connectivity index (χ4n) is 3.69. The van der Waals surface area contributed by atoms with Crippen molar-refractivity contribution in [3.8, 4) is 0 Å². The van der Waals surface area contributed by atoms with Gasteiger partial charge in [-0.15, -0.1) is 0 Å². The van der Waals surface area contributed by atoms with Crippen LogP contribution in [0.3, 0.4) is 0 Å². The first-order valence-electron chi connectivity index (χ1n) is 16.0. The third-order valence-electron chi connectivity index (χ3n) is 6.17. The molecule has 0 amide bonds. The van der Waals surface area contributed by atoms with E-state index >= 15 is 0 Å². The van der Waals surface area contributed by atoms with Gasteiger partial charge < -0.3 is 43.2 Å². The van der Waals surface area contributed by atoms with Crippen LogP contribution in [0.1, 0.15) is 30.1 Å². The van der Waals surface area contributed by atoms with Crippen LogP contribution < -0.4 is 5.32 Å². The Morgan fingerprint density at radius 2 is 1.00 bits per heavy atom. The highest BCUT2D eigenvalue weighted by atomic mass is 32.2. The molecule has 0 radical (unpaired) electrons. The summed E-state index contributed by atoms with van der Waals surface area (Å²) in [5, 5.41) is 3.31. The first kappa shape index (κ1) is 40.5. The molecule has 0 heterocycles. The van der Waals surface area contributed by atoms with Crippen molar-refractivity contribution < 1.29 is 55.3 Å². The molecule has 2 aromatic rings. The molecule has 0 aromatic heterocycles. The second kappa shape index (κ2) is 27.3. The van der Waals surface area contributed by atoms with Gasteiger partial charge in [-0.05, 0) is 42.8 Å². The van der Waals surface area contributed by atoms with Crippen molar-refractivity contribution in [1.82, 2.24) is 0 Å². The molecule has 0 atom stereocenters. The third kappa shape index (κ3) is 21.0. The van der Waals surface area contributed by atoms with E-state index < -0.39 is 10.1 Å². The van der Waals surface area contributed by atoms with Crippen LogP contribution in [-0.4, -0.2) is 127 Å². The zero-order chi connectivity index (χ0) is 33.7. The third-order valence-corrected chi connectivity index (χ3v) is 7.50. The molecule has 0 aliphatic rings. The maximum atomic E-state index is 12.1. The van der Waals surface area contributed by atoms with E-state index in [1.165, 1.54) is 12.1 Å². The molecule has 0 aliphatic carbocycles. The minimum absolute atomic E-state index is 0.0635. The van der Waals surface area contributed by atoms with Crippen LogP contribution in [-0.2, 0) is 52.2 Å². The van der Waals surface area contributed by atoms with E-state index in [1.807, 2.05) is 12.1 Å². The average molecular weight is 686 g/mol. The van der Waals surface area contributed by atoms with Gasteiger partial charge in [-0.1, -0.05) is 31.5 Å². The maximum Gasteiger partial charge on any atom is 0.338 e. The summed E-state index contributed by atoms with van der Waals surface area (Å²) in [6, 6.07) is 15.2. The second-order valence-corrected chi connectivity index (χ2v) is 11.5. The average Bonchev–Trinajstić information content (AvgIpc) is 3.09. The maximum absolute atomic E-state index is 12.1. The van der Waals surface area contributed by atoms with Crippen molar-refractivity contribution in [2.45, 2.75) is 24.7 Å². The highest BCUT2D eigenvalue weighted by Gasteiger charge is 2.13. The van der Waals surface area contributed by atoms with E-state index in [2.05, 4.69) is 12.2 Å². The minimum atomic E-state index is -3.76. The van der Waals surface area contributed by atoms with Gasteiger partial charge in [0.25, 0.3) is 10.1 Å². The van der Waals surface area contributed by atoms with Crippen LogP contribution in [0, 0.1) is 0 Å². The lowest BCUT2D eigenvalue weighted by Gasteiger charge is -2.09. The van der Waals surface area contributed by atoms with Gasteiger partial charge in [-0.25, -0.2) is 4.79 Å². The van der Waals surface area contributed by atoms with E-state index in [9.17, 15) is 13.2 Å². The summed E-state index contributed by atoms with van der Waals surface area (Å²) in [5.41, 5.74) is 1.50. The SMILES string of the molecule is CCCCNc1ccc(C(=O)OCCOCCOCCOCCOCCOCCOCCOCCOS(=O)(=O)c2ccccc2)cc1. The number of carbonyl (C=O) groups is 1. The molecular formula is C33H51NO12S. The van der Waals surface area contributed by atoms with Gasteiger partial charge >= 0.3 is 5.97 Å². The highest BCUT2D eigenvalue weighted by molar-refractivity contribution is 7.86. The Hall–Kier alpha value is -2.66. The van der Waals surface area contributed by atoms with Crippen LogP contribution in [0.2, 0.25) is 0 Å². The van der Waals surface area contributed by atoms with Crippen LogP contribution in [0.15, 0.2) is 59.5 Å². The summed E-state index contributed by atoms with van der Waals surface area (Å²) < 4.78 is 72.1. The number of unbranched alkanes of at least 4 members (excludes halogenated alkanes) is 1. The molecule has 13 nitrogen and oxygen atoms in total. The van der Waals surface area contributed by atoms with Gasteiger partial charge in [-0.2, -0.15) is 8.42 Å². The number of benzene rings is 2. The van der Waals surface area contributed by atoms with E-state index in [0.29, 0.717) is 91.5 Å². The minimum Gasteiger partial charge on any atom is -0.460 e. The molecule has 0 bridgehead atoms. The highest BCUT2D eigenvalue weighted by Crippen LogP contribution is 2.12. The van der Waals surface area contributed by atoms with Gasteiger partial charge in [-0.3, -0.25) is 4.18 Å². The van der Waals surface area contributed by atoms with Crippen LogP contribution >= 0.6 is 0 Å². The van der Waals surface area contributed by atoms with E-state index in [1.54, 1.807) is 30.3 Å². The Morgan fingerprint density at radius 1 is 0.574 bits per heavy atom. The van der Waals surface area contributed by atoms with Crippen LogP contribution in [0.25, 0.3) is 0 Å². The lowest BCUT2D eigenvalue weighted by atomic mass is 10.2. The molecule has 47 heavy (non-hydrogen) atoms. The van der Waals surface area contributed by atoms with Gasteiger partial charge in [0.1, 0.15) is 6.61 Å². The van der Waals surface area contributed by atoms with Crippen molar-refractivity contribution in [2.75, 3.05) is 118 Å². The normalized spacial score (nSPS) is 11.5. The van der Waals surface area contributed by atoms with Gasteiger partial charge in [0.05, 0.1) is 110 Å². The number of anilines is 1. The number of rotatable bonds is 31. The van der Waals surface area contributed by atoms with Crippen molar-refractivity contribution in [3.05, 3.63) is 60.2 Å². The summed E-state index contributed by atoms with van der Waals surface area (Å²) in [5.74, 6) is -0.371. The van der Waals surface area contributed by atoms with Crippen molar-refractivity contribution in [3.63, 3.8) is 0 Å². The van der Waals surface area contributed by atoms with Gasteiger partial charge in [0, 0.05) is 12.2 Å². The molecule has 0 saturated heterocycles. The second-order valence-electron chi connectivity index (χ2n) is 9.87.